The quantitative estimate of drug-likeness (QED) is 0.614. The monoisotopic (exact) mass is 404 g/mol. The lowest BCUT2D eigenvalue weighted by Gasteiger charge is -2.26. The van der Waals surface area contributed by atoms with E-state index in [1.165, 1.54) is 0 Å². The largest absolute Gasteiger partial charge is 0.354 e. The predicted octanol–water partition coefficient (Wildman–Crippen LogP) is 2.70. The molecule has 3 amide bonds. The third-order valence-corrected chi connectivity index (χ3v) is 5.23. The van der Waals surface area contributed by atoms with E-state index in [4.69, 9.17) is 0 Å². The molecule has 7 nitrogen and oxygen atoms in total. The van der Waals surface area contributed by atoms with Gasteiger partial charge in [0.1, 0.15) is 11.7 Å². The Labute approximate surface area is 174 Å². The van der Waals surface area contributed by atoms with Crippen LogP contribution in [0, 0.1) is 5.92 Å². The van der Waals surface area contributed by atoms with Crippen molar-refractivity contribution in [3.05, 3.63) is 71.7 Å². The second-order valence-electron chi connectivity index (χ2n) is 7.91. The number of imide groups is 1. The average Bonchev–Trinajstić information content (AvgIpc) is 3.25. The zero-order chi connectivity index (χ0) is 21.3. The summed E-state index contributed by atoms with van der Waals surface area (Å²) in [6, 6.07) is 11.6. The number of fused-ring (bicyclic) bond motifs is 2. The molecule has 0 bridgehead atoms. The highest BCUT2D eigenvalue weighted by molar-refractivity contribution is 6.22. The molecule has 0 saturated heterocycles. The highest BCUT2D eigenvalue weighted by atomic mass is 16.2. The van der Waals surface area contributed by atoms with E-state index in [0.29, 0.717) is 30.5 Å². The van der Waals surface area contributed by atoms with Gasteiger partial charge in [-0.1, -0.05) is 32.0 Å². The SMILES string of the molecule is CC(C)C[C@H](C(=O)NCCc1cn2ccccc2n1)N1C(=O)c2ccccc2C1=O. The maximum atomic E-state index is 13.0. The lowest BCUT2D eigenvalue weighted by Crippen LogP contribution is -2.50. The van der Waals surface area contributed by atoms with Crippen LogP contribution in [0.1, 0.15) is 46.7 Å². The third kappa shape index (κ3) is 3.70. The maximum absolute atomic E-state index is 13.0. The Morgan fingerprint density at radius 1 is 1.03 bits per heavy atom. The molecule has 0 saturated carbocycles. The molecule has 3 aromatic rings. The van der Waals surface area contributed by atoms with Crippen molar-refractivity contribution in [2.24, 2.45) is 5.92 Å². The normalized spacial score (nSPS) is 14.4. The molecule has 2 aromatic heterocycles. The van der Waals surface area contributed by atoms with Crippen molar-refractivity contribution in [3.63, 3.8) is 0 Å². The van der Waals surface area contributed by atoms with Crippen molar-refractivity contribution in [1.82, 2.24) is 19.6 Å². The van der Waals surface area contributed by atoms with Crippen LogP contribution >= 0.6 is 0 Å². The summed E-state index contributed by atoms with van der Waals surface area (Å²) < 4.78 is 1.93. The molecular weight excluding hydrogens is 380 g/mol. The van der Waals surface area contributed by atoms with Gasteiger partial charge in [0.25, 0.3) is 11.8 Å². The Balaban J connectivity index is 1.46. The Morgan fingerprint density at radius 2 is 1.70 bits per heavy atom. The second kappa shape index (κ2) is 8.10. The second-order valence-corrected chi connectivity index (χ2v) is 7.91. The highest BCUT2D eigenvalue weighted by Crippen LogP contribution is 2.27. The van der Waals surface area contributed by atoms with E-state index in [1.54, 1.807) is 24.3 Å². The number of rotatable bonds is 7. The minimum absolute atomic E-state index is 0.142. The Morgan fingerprint density at radius 3 is 2.33 bits per heavy atom. The van der Waals surface area contributed by atoms with Gasteiger partial charge in [0.2, 0.25) is 5.91 Å². The van der Waals surface area contributed by atoms with E-state index in [2.05, 4.69) is 10.3 Å². The van der Waals surface area contributed by atoms with E-state index < -0.39 is 17.9 Å². The van der Waals surface area contributed by atoms with Gasteiger partial charge in [-0.25, -0.2) is 4.98 Å². The van der Waals surface area contributed by atoms with Crippen molar-refractivity contribution in [2.45, 2.75) is 32.7 Å². The number of hydrogen-bond donors (Lipinski definition) is 1. The van der Waals surface area contributed by atoms with Gasteiger partial charge >= 0.3 is 0 Å². The van der Waals surface area contributed by atoms with Crippen molar-refractivity contribution in [1.29, 1.82) is 0 Å². The standard InChI is InChI=1S/C23H24N4O3/c1-15(2)13-19(27-22(29)17-7-3-4-8-18(17)23(27)30)21(28)24-11-10-16-14-26-12-6-5-9-20(26)25-16/h3-9,12,14-15,19H,10-11,13H2,1-2H3,(H,24,28)/t19-/m1/s1. The predicted molar refractivity (Wildman–Crippen MR) is 112 cm³/mol. The smallest absolute Gasteiger partial charge is 0.262 e. The van der Waals surface area contributed by atoms with Gasteiger partial charge in [0.15, 0.2) is 0 Å². The fourth-order valence-electron chi connectivity index (χ4n) is 3.81. The molecule has 1 N–H and O–H groups in total. The number of aromatic nitrogens is 2. The molecule has 0 radical (unpaired) electrons. The van der Waals surface area contributed by atoms with Crippen LogP contribution in [0.2, 0.25) is 0 Å². The summed E-state index contributed by atoms with van der Waals surface area (Å²) in [6.45, 7) is 4.31. The van der Waals surface area contributed by atoms with Crippen LogP contribution < -0.4 is 5.32 Å². The number of carbonyl (C=O) groups is 3. The van der Waals surface area contributed by atoms with E-state index in [0.717, 1.165) is 16.2 Å². The molecule has 1 aliphatic heterocycles. The van der Waals surface area contributed by atoms with E-state index in [1.807, 2.05) is 48.8 Å². The van der Waals surface area contributed by atoms with Crippen LogP contribution in [0.3, 0.4) is 0 Å². The summed E-state index contributed by atoms with van der Waals surface area (Å²) in [5.41, 5.74) is 2.42. The van der Waals surface area contributed by atoms with Gasteiger partial charge in [-0.15, -0.1) is 0 Å². The van der Waals surface area contributed by atoms with Crippen LogP contribution in [0.5, 0.6) is 0 Å². The average molecular weight is 404 g/mol. The fraction of sp³-hybridized carbons (Fsp3) is 0.304. The van der Waals surface area contributed by atoms with Gasteiger partial charge < -0.3 is 9.72 Å². The number of imidazole rings is 1. The van der Waals surface area contributed by atoms with Crippen LogP contribution in [-0.4, -0.2) is 44.6 Å². The van der Waals surface area contributed by atoms with Crippen LogP contribution in [0.25, 0.3) is 5.65 Å². The van der Waals surface area contributed by atoms with Gasteiger partial charge in [-0.3, -0.25) is 19.3 Å². The zero-order valence-electron chi connectivity index (χ0n) is 17.0. The van der Waals surface area contributed by atoms with Crippen LogP contribution in [0.4, 0.5) is 0 Å². The first kappa shape index (κ1) is 19.8. The fourth-order valence-corrected chi connectivity index (χ4v) is 3.81. The number of carbonyl (C=O) groups excluding carboxylic acids is 3. The van der Waals surface area contributed by atoms with E-state index in [9.17, 15) is 14.4 Å². The highest BCUT2D eigenvalue weighted by Gasteiger charge is 2.42. The molecule has 0 aliphatic carbocycles. The van der Waals surface area contributed by atoms with Crippen LogP contribution in [0.15, 0.2) is 54.9 Å². The Kier molecular flexibility index (Phi) is 5.35. The lowest BCUT2D eigenvalue weighted by molar-refractivity contribution is -0.125. The molecule has 7 heteroatoms. The summed E-state index contributed by atoms with van der Waals surface area (Å²) in [5, 5.41) is 2.89. The Hall–Kier alpha value is -3.48. The molecule has 30 heavy (non-hydrogen) atoms. The number of benzene rings is 1. The van der Waals surface area contributed by atoms with Gasteiger partial charge in [-0.05, 0) is 36.6 Å². The van der Waals surface area contributed by atoms with E-state index >= 15 is 0 Å². The number of amides is 3. The molecular formula is C23H24N4O3. The summed E-state index contributed by atoms with van der Waals surface area (Å²) in [7, 11) is 0. The molecule has 4 rings (SSSR count). The van der Waals surface area contributed by atoms with Gasteiger partial charge in [-0.2, -0.15) is 0 Å². The van der Waals surface area contributed by atoms with Crippen molar-refractivity contribution in [2.75, 3.05) is 6.54 Å². The van der Waals surface area contributed by atoms with E-state index in [-0.39, 0.29) is 11.8 Å². The van der Waals surface area contributed by atoms with Crippen LogP contribution in [-0.2, 0) is 11.2 Å². The Bertz CT molecular complexity index is 1050. The molecule has 3 heterocycles. The number of nitrogens with zero attached hydrogens (tertiary/aromatic N) is 3. The number of nitrogens with one attached hydrogen (secondary N) is 1. The number of pyridine rings is 1. The van der Waals surface area contributed by atoms with Gasteiger partial charge in [0, 0.05) is 25.4 Å². The molecule has 1 aromatic carbocycles. The van der Waals surface area contributed by atoms with Crippen molar-refractivity contribution >= 4 is 23.4 Å². The molecule has 0 fully saturated rings. The molecule has 0 spiro atoms. The minimum Gasteiger partial charge on any atom is -0.354 e. The molecule has 0 unspecified atom stereocenters. The first-order chi connectivity index (χ1) is 14.5. The topological polar surface area (TPSA) is 83.8 Å². The molecule has 1 aliphatic rings. The summed E-state index contributed by atoms with van der Waals surface area (Å²) in [6.07, 6.45) is 4.82. The third-order valence-electron chi connectivity index (χ3n) is 5.23. The first-order valence-electron chi connectivity index (χ1n) is 10.1. The first-order valence-corrected chi connectivity index (χ1v) is 10.1. The molecule has 154 valence electrons. The maximum Gasteiger partial charge on any atom is 0.262 e. The van der Waals surface area contributed by atoms with Crippen molar-refractivity contribution < 1.29 is 14.4 Å². The summed E-state index contributed by atoms with van der Waals surface area (Å²) >= 11 is 0. The minimum atomic E-state index is -0.835. The lowest BCUT2D eigenvalue weighted by atomic mass is 10.0. The zero-order valence-corrected chi connectivity index (χ0v) is 17.0. The summed E-state index contributed by atoms with van der Waals surface area (Å²) in [5.74, 6) is -0.987. The van der Waals surface area contributed by atoms with Gasteiger partial charge in [0.05, 0.1) is 16.8 Å². The molecule has 1 atom stereocenters. The van der Waals surface area contributed by atoms with Crippen molar-refractivity contribution in [3.8, 4) is 0 Å². The summed E-state index contributed by atoms with van der Waals surface area (Å²) in [4.78, 5) is 44.3. The number of hydrogen-bond acceptors (Lipinski definition) is 4.